The second-order valence-corrected chi connectivity index (χ2v) is 7.94. The second-order valence-electron chi connectivity index (χ2n) is 4.10. The molecule has 1 heterocycles. The van der Waals surface area contributed by atoms with E-state index in [4.69, 9.17) is 5.73 Å². The number of para-hydroxylation sites is 1. The van der Waals surface area contributed by atoms with Crippen molar-refractivity contribution >= 4 is 43.9 Å². The Morgan fingerprint density at radius 3 is 2.80 bits per heavy atom. The van der Waals surface area contributed by atoms with Gasteiger partial charge in [-0.2, -0.15) is 0 Å². The number of rotatable bonds is 6. The van der Waals surface area contributed by atoms with Gasteiger partial charge in [0, 0.05) is 21.7 Å². The first-order valence-electron chi connectivity index (χ1n) is 5.86. The zero-order chi connectivity index (χ0) is 14.6. The number of anilines is 2. The van der Waals surface area contributed by atoms with E-state index in [1.54, 1.807) is 11.4 Å². The van der Waals surface area contributed by atoms with Crippen LogP contribution in [-0.4, -0.2) is 24.9 Å². The van der Waals surface area contributed by atoms with Crippen molar-refractivity contribution in [2.45, 2.75) is 11.8 Å². The molecule has 0 spiro atoms. The number of aromatic nitrogens is 1. The lowest BCUT2D eigenvalue weighted by Gasteiger charge is -2.06. The van der Waals surface area contributed by atoms with Crippen LogP contribution < -0.4 is 10.5 Å². The van der Waals surface area contributed by atoms with Crippen molar-refractivity contribution in [3.63, 3.8) is 0 Å². The molecule has 0 amide bonds. The number of thiazole rings is 1. The SMILES string of the molecule is Cc1csc(NS(=O)(=O)CCSc2ccccc2N)n1. The number of nitrogens with one attached hydrogen (secondary N) is 1. The summed E-state index contributed by atoms with van der Waals surface area (Å²) in [4.78, 5) is 4.97. The van der Waals surface area contributed by atoms with Gasteiger partial charge in [-0.3, -0.25) is 4.72 Å². The number of benzene rings is 1. The van der Waals surface area contributed by atoms with Crippen molar-refractivity contribution in [2.75, 3.05) is 22.0 Å². The van der Waals surface area contributed by atoms with Crippen LogP contribution in [0.1, 0.15) is 5.69 Å². The van der Waals surface area contributed by atoms with Crippen molar-refractivity contribution in [2.24, 2.45) is 0 Å². The quantitative estimate of drug-likeness (QED) is 0.628. The maximum absolute atomic E-state index is 11.9. The predicted molar refractivity (Wildman–Crippen MR) is 85.8 cm³/mol. The van der Waals surface area contributed by atoms with Crippen molar-refractivity contribution in [3.8, 4) is 0 Å². The molecule has 108 valence electrons. The van der Waals surface area contributed by atoms with E-state index in [9.17, 15) is 8.42 Å². The van der Waals surface area contributed by atoms with Crippen molar-refractivity contribution in [3.05, 3.63) is 35.3 Å². The first-order valence-corrected chi connectivity index (χ1v) is 9.38. The van der Waals surface area contributed by atoms with Crippen LogP contribution in [-0.2, 0) is 10.0 Å². The highest BCUT2D eigenvalue weighted by atomic mass is 32.2. The number of hydrogen-bond acceptors (Lipinski definition) is 6. The molecule has 0 radical (unpaired) electrons. The number of nitrogens with zero attached hydrogens (tertiary/aromatic N) is 1. The summed E-state index contributed by atoms with van der Waals surface area (Å²) in [6.45, 7) is 1.82. The summed E-state index contributed by atoms with van der Waals surface area (Å²) < 4.78 is 26.3. The van der Waals surface area contributed by atoms with Crippen molar-refractivity contribution in [1.29, 1.82) is 0 Å². The van der Waals surface area contributed by atoms with Crippen molar-refractivity contribution < 1.29 is 8.42 Å². The van der Waals surface area contributed by atoms with Gasteiger partial charge in [0.05, 0.1) is 11.4 Å². The number of nitrogen functional groups attached to an aromatic ring is 1. The Hall–Kier alpha value is -1.25. The molecule has 8 heteroatoms. The zero-order valence-electron chi connectivity index (χ0n) is 10.9. The lowest BCUT2D eigenvalue weighted by Crippen LogP contribution is -2.18. The van der Waals surface area contributed by atoms with E-state index in [1.165, 1.54) is 23.1 Å². The molecule has 0 aliphatic carbocycles. The molecule has 0 saturated heterocycles. The molecule has 1 aromatic carbocycles. The van der Waals surface area contributed by atoms with Crippen molar-refractivity contribution in [1.82, 2.24) is 4.98 Å². The van der Waals surface area contributed by atoms with Gasteiger partial charge < -0.3 is 5.73 Å². The number of thioether (sulfide) groups is 1. The fourth-order valence-corrected chi connectivity index (χ4v) is 4.82. The first kappa shape index (κ1) is 15.1. The van der Waals surface area contributed by atoms with E-state index < -0.39 is 10.0 Å². The molecular formula is C12H15N3O2S3. The normalized spacial score (nSPS) is 11.4. The Kier molecular flexibility index (Phi) is 4.90. The highest BCUT2D eigenvalue weighted by molar-refractivity contribution is 8.01. The third-order valence-electron chi connectivity index (χ3n) is 2.39. The Morgan fingerprint density at radius 2 is 2.15 bits per heavy atom. The molecule has 0 bridgehead atoms. The van der Waals surface area contributed by atoms with Crippen LogP contribution in [0, 0.1) is 6.92 Å². The number of aryl methyl sites for hydroxylation is 1. The van der Waals surface area contributed by atoms with Crippen LogP contribution in [0.4, 0.5) is 10.8 Å². The van der Waals surface area contributed by atoms with Crippen LogP contribution in [0.25, 0.3) is 0 Å². The summed E-state index contributed by atoms with van der Waals surface area (Å²) in [5.74, 6) is 0.457. The molecule has 0 fully saturated rings. The Labute approximate surface area is 126 Å². The highest BCUT2D eigenvalue weighted by Gasteiger charge is 2.13. The molecule has 0 atom stereocenters. The van der Waals surface area contributed by atoms with E-state index in [0.29, 0.717) is 16.6 Å². The topological polar surface area (TPSA) is 85.1 Å². The summed E-state index contributed by atoms with van der Waals surface area (Å²) in [5, 5.41) is 2.21. The molecule has 5 nitrogen and oxygen atoms in total. The summed E-state index contributed by atoms with van der Waals surface area (Å²) in [5.41, 5.74) is 7.27. The monoisotopic (exact) mass is 329 g/mol. The van der Waals surface area contributed by atoms with Crippen LogP contribution in [0.15, 0.2) is 34.5 Å². The molecule has 1 aromatic heterocycles. The molecule has 20 heavy (non-hydrogen) atoms. The van der Waals surface area contributed by atoms with E-state index in [2.05, 4.69) is 9.71 Å². The minimum atomic E-state index is -3.37. The van der Waals surface area contributed by atoms with Gasteiger partial charge in [0.15, 0.2) is 5.13 Å². The minimum absolute atomic E-state index is 0.0185. The minimum Gasteiger partial charge on any atom is -0.398 e. The number of sulfonamides is 1. The van der Waals surface area contributed by atoms with Crippen LogP contribution >= 0.6 is 23.1 Å². The smallest absolute Gasteiger partial charge is 0.235 e. The Morgan fingerprint density at radius 1 is 1.40 bits per heavy atom. The molecule has 0 saturated carbocycles. The average Bonchev–Trinajstić information content (AvgIpc) is 2.76. The van der Waals surface area contributed by atoms with Gasteiger partial charge in [0.25, 0.3) is 0 Å². The average molecular weight is 329 g/mol. The Bertz CT molecular complexity index is 683. The van der Waals surface area contributed by atoms with E-state index in [1.807, 2.05) is 25.1 Å². The van der Waals surface area contributed by atoms with E-state index in [-0.39, 0.29) is 5.75 Å². The van der Waals surface area contributed by atoms with Gasteiger partial charge in [-0.1, -0.05) is 12.1 Å². The van der Waals surface area contributed by atoms with E-state index in [0.717, 1.165) is 10.6 Å². The molecule has 0 aliphatic rings. The summed E-state index contributed by atoms with van der Waals surface area (Å²) in [6.07, 6.45) is 0. The maximum Gasteiger partial charge on any atom is 0.235 e. The largest absolute Gasteiger partial charge is 0.398 e. The predicted octanol–water partition coefficient (Wildman–Crippen LogP) is 2.57. The first-order chi connectivity index (χ1) is 9.46. The third-order valence-corrected chi connectivity index (χ3v) is 5.99. The molecule has 2 aromatic rings. The molecule has 0 unspecified atom stereocenters. The molecule has 2 rings (SSSR count). The van der Waals surface area contributed by atoms with Gasteiger partial charge >= 0.3 is 0 Å². The maximum atomic E-state index is 11.9. The standard InChI is InChI=1S/C12H15N3O2S3/c1-9-8-19-12(14-9)15-20(16,17)7-6-18-11-5-3-2-4-10(11)13/h2-5,8H,6-7,13H2,1H3,(H,14,15). The Balaban J connectivity index is 1.88. The summed E-state index contributed by atoms with van der Waals surface area (Å²) >= 11 is 2.71. The number of nitrogens with two attached hydrogens (primary N) is 1. The second kappa shape index (κ2) is 6.47. The van der Waals surface area contributed by atoms with Gasteiger partial charge in [0.1, 0.15) is 0 Å². The van der Waals surface area contributed by atoms with E-state index >= 15 is 0 Å². The van der Waals surface area contributed by atoms with Crippen LogP contribution in [0.5, 0.6) is 0 Å². The van der Waals surface area contributed by atoms with Crippen LogP contribution in [0.3, 0.4) is 0 Å². The number of hydrogen-bond donors (Lipinski definition) is 2. The molecular weight excluding hydrogens is 314 g/mol. The summed E-state index contributed by atoms with van der Waals surface area (Å²) in [7, 11) is -3.37. The third kappa shape index (κ3) is 4.39. The molecule has 3 N–H and O–H groups in total. The highest BCUT2D eigenvalue weighted by Crippen LogP contribution is 2.24. The summed E-state index contributed by atoms with van der Waals surface area (Å²) in [6, 6.07) is 7.41. The lowest BCUT2D eigenvalue weighted by molar-refractivity contribution is 0.602. The van der Waals surface area contributed by atoms with Crippen LogP contribution in [0.2, 0.25) is 0 Å². The van der Waals surface area contributed by atoms with Gasteiger partial charge in [-0.15, -0.1) is 23.1 Å². The van der Waals surface area contributed by atoms with Gasteiger partial charge in [-0.05, 0) is 19.1 Å². The van der Waals surface area contributed by atoms with Gasteiger partial charge in [-0.25, -0.2) is 13.4 Å². The van der Waals surface area contributed by atoms with Gasteiger partial charge in [0.2, 0.25) is 10.0 Å². The zero-order valence-corrected chi connectivity index (χ0v) is 13.3. The lowest BCUT2D eigenvalue weighted by atomic mass is 10.3. The molecule has 0 aliphatic heterocycles. The fourth-order valence-electron chi connectivity index (χ4n) is 1.46. The fraction of sp³-hybridized carbons (Fsp3) is 0.250.